The third-order valence-corrected chi connectivity index (χ3v) is 4.32. The molecule has 0 heterocycles. The minimum Gasteiger partial charge on any atom is -0.466 e. The van der Waals surface area contributed by atoms with Crippen molar-refractivity contribution in [1.82, 2.24) is 0 Å². The number of nitrogens with zero attached hydrogens (tertiary/aromatic N) is 6. The predicted molar refractivity (Wildman–Crippen MR) is 127 cm³/mol. The number of esters is 2. The largest absolute Gasteiger partial charge is 0.466 e. The molecular weight excluding hydrogens is 436 g/mol. The number of unbranched alkanes of at least 4 members (excludes halogenated alkanes) is 1. The fourth-order valence-electron chi connectivity index (χ4n) is 2.19. The average Bonchev–Trinajstić information content (AvgIpc) is 2.75. The monoisotopic (exact) mass is 476 g/mol. The highest BCUT2D eigenvalue weighted by Crippen LogP contribution is 2.21. The molecule has 0 radical (unpaired) electrons. The van der Waals surface area contributed by atoms with Crippen LogP contribution in [0.5, 0.6) is 0 Å². The van der Waals surface area contributed by atoms with E-state index in [9.17, 15) is 20.1 Å². The second kappa shape index (κ2) is 13.7. The maximum absolute atomic E-state index is 11.9. The predicted octanol–water partition coefficient (Wildman–Crippen LogP) is 5.48. The van der Waals surface area contributed by atoms with E-state index in [2.05, 4.69) is 32.6 Å². The van der Waals surface area contributed by atoms with Crippen molar-refractivity contribution in [2.75, 3.05) is 13.2 Å². The quantitative estimate of drug-likeness (QED) is 0.195. The van der Waals surface area contributed by atoms with Gasteiger partial charge in [-0.1, -0.05) is 0 Å². The van der Waals surface area contributed by atoms with Crippen molar-refractivity contribution in [2.45, 2.75) is 116 Å². The van der Waals surface area contributed by atoms with Crippen LogP contribution in [0.2, 0.25) is 0 Å². The average molecular weight is 477 g/mol. The standard InChI is InChI=1S/C24H40N6O4/c1-21(2,3)27-29-23(7,17-25)13-11-19(31)33-15-9-10-16-34-20(32)12-14-24(8,18-26)30-28-22(4,5)6/h9-16H2,1-8H3/b29-27+,30-28+. The fraction of sp³-hybridized carbons (Fsp3) is 0.833. The van der Waals surface area contributed by atoms with Crippen LogP contribution in [0.4, 0.5) is 0 Å². The summed E-state index contributed by atoms with van der Waals surface area (Å²) in [6.45, 7) is 14.9. The number of rotatable bonds is 13. The first-order valence-corrected chi connectivity index (χ1v) is 11.5. The Balaban J connectivity index is 4.17. The van der Waals surface area contributed by atoms with Crippen LogP contribution in [0.3, 0.4) is 0 Å². The summed E-state index contributed by atoms with van der Waals surface area (Å²) in [7, 11) is 0. The van der Waals surface area contributed by atoms with Gasteiger partial charge in [-0.2, -0.15) is 31.0 Å². The number of azo groups is 2. The Morgan fingerprint density at radius 1 is 0.647 bits per heavy atom. The molecule has 0 saturated heterocycles. The molecule has 34 heavy (non-hydrogen) atoms. The van der Waals surface area contributed by atoms with E-state index in [0.29, 0.717) is 12.8 Å². The lowest BCUT2D eigenvalue weighted by Gasteiger charge is -2.18. The minimum atomic E-state index is -1.07. The number of nitriles is 2. The fourth-order valence-corrected chi connectivity index (χ4v) is 2.19. The third kappa shape index (κ3) is 15.8. The number of ether oxygens (including phenoxy) is 2. The van der Waals surface area contributed by atoms with Gasteiger partial charge in [0.25, 0.3) is 0 Å². The highest BCUT2D eigenvalue weighted by Gasteiger charge is 2.27. The number of carbonyl (C=O) groups is 2. The topological polar surface area (TPSA) is 150 Å². The Hall–Kier alpha value is -2.88. The van der Waals surface area contributed by atoms with Crippen LogP contribution in [0.1, 0.15) is 93.9 Å². The van der Waals surface area contributed by atoms with Crippen LogP contribution in [0, 0.1) is 22.7 Å². The number of carbonyl (C=O) groups excluding carboxylic acids is 2. The van der Waals surface area contributed by atoms with Gasteiger partial charge in [-0.05, 0) is 81.1 Å². The Labute approximate surface area is 203 Å². The van der Waals surface area contributed by atoms with Gasteiger partial charge in [0.05, 0.1) is 36.4 Å². The maximum Gasteiger partial charge on any atom is 0.305 e. The molecule has 0 aliphatic heterocycles. The van der Waals surface area contributed by atoms with E-state index < -0.39 is 34.1 Å². The molecule has 0 aliphatic rings. The van der Waals surface area contributed by atoms with Gasteiger partial charge < -0.3 is 9.47 Å². The molecule has 0 aromatic rings. The van der Waals surface area contributed by atoms with E-state index in [4.69, 9.17) is 9.47 Å². The lowest BCUT2D eigenvalue weighted by Crippen LogP contribution is -2.23. The number of hydrogen-bond donors (Lipinski definition) is 0. The second-order valence-electron chi connectivity index (χ2n) is 10.7. The summed E-state index contributed by atoms with van der Waals surface area (Å²) >= 11 is 0. The highest BCUT2D eigenvalue weighted by molar-refractivity contribution is 5.70. The van der Waals surface area contributed by atoms with E-state index in [-0.39, 0.29) is 38.9 Å². The van der Waals surface area contributed by atoms with Crippen molar-refractivity contribution in [1.29, 1.82) is 10.5 Å². The van der Waals surface area contributed by atoms with Crippen LogP contribution in [-0.4, -0.2) is 47.3 Å². The van der Waals surface area contributed by atoms with Crippen molar-refractivity contribution in [3.63, 3.8) is 0 Å². The summed E-state index contributed by atoms with van der Waals surface area (Å²) in [6, 6.07) is 4.18. The number of hydrogen-bond acceptors (Lipinski definition) is 10. The molecule has 190 valence electrons. The zero-order chi connectivity index (χ0) is 26.5. The Morgan fingerprint density at radius 2 is 0.971 bits per heavy atom. The Kier molecular flexibility index (Phi) is 12.6. The smallest absolute Gasteiger partial charge is 0.305 e. The maximum atomic E-state index is 11.9. The summed E-state index contributed by atoms with van der Waals surface area (Å²) in [5.74, 6) is -0.825. The van der Waals surface area contributed by atoms with Gasteiger partial charge >= 0.3 is 11.9 Å². The van der Waals surface area contributed by atoms with Crippen LogP contribution >= 0.6 is 0 Å². The molecule has 0 amide bonds. The van der Waals surface area contributed by atoms with E-state index in [1.165, 1.54) is 0 Å². The first-order valence-electron chi connectivity index (χ1n) is 11.5. The van der Waals surface area contributed by atoms with E-state index in [1.54, 1.807) is 13.8 Å². The molecule has 0 rings (SSSR count). The zero-order valence-electron chi connectivity index (χ0n) is 22.0. The molecule has 2 atom stereocenters. The van der Waals surface area contributed by atoms with Crippen molar-refractivity contribution >= 4 is 11.9 Å². The lowest BCUT2D eigenvalue weighted by atomic mass is 9.99. The molecule has 0 aromatic heterocycles. The third-order valence-electron chi connectivity index (χ3n) is 4.32. The molecule has 0 bridgehead atoms. The molecular formula is C24H40N6O4. The Morgan fingerprint density at radius 3 is 1.24 bits per heavy atom. The molecule has 0 spiro atoms. The molecule has 0 fully saturated rings. The molecule has 0 aromatic carbocycles. The summed E-state index contributed by atoms with van der Waals surface area (Å²) in [4.78, 5) is 23.9. The van der Waals surface area contributed by atoms with Crippen LogP contribution in [0.15, 0.2) is 20.5 Å². The van der Waals surface area contributed by atoms with Gasteiger partial charge in [0.1, 0.15) is 0 Å². The molecule has 2 unspecified atom stereocenters. The molecule has 10 nitrogen and oxygen atoms in total. The van der Waals surface area contributed by atoms with Crippen molar-refractivity contribution in [2.24, 2.45) is 20.5 Å². The van der Waals surface area contributed by atoms with Gasteiger partial charge in [0.2, 0.25) is 0 Å². The first-order chi connectivity index (χ1) is 15.5. The Bertz CT molecular complexity index is 745. The van der Waals surface area contributed by atoms with E-state index >= 15 is 0 Å². The van der Waals surface area contributed by atoms with E-state index in [0.717, 1.165) is 0 Å². The summed E-state index contributed by atoms with van der Waals surface area (Å²) in [5.41, 5.74) is -2.93. The minimum absolute atomic E-state index is 0.0619. The van der Waals surface area contributed by atoms with Crippen LogP contribution in [0.25, 0.3) is 0 Å². The lowest BCUT2D eigenvalue weighted by molar-refractivity contribution is -0.146. The van der Waals surface area contributed by atoms with Gasteiger partial charge in [-0.3, -0.25) is 9.59 Å². The van der Waals surface area contributed by atoms with Gasteiger partial charge in [-0.15, -0.1) is 0 Å². The highest BCUT2D eigenvalue weighted by atomic mass is 16.5. The molecule has 0 N–H and O–H groups in total. The van der Waals surface area contributed by atoms with Crippen molar-refractivity contribution in [3.05, 3.63) is 0 Å². The van der Waals surface area contributed by atoms with Crippen molar-refractivity contribution < 1.29 is 19.1 Å². The van der Waals surface area contributed by atoms with Crippen molar-refractivity contribution in [3.8, 4) is 12.1 Å². The van der Waals surface area contributed by atoms with Gasteiger partial charge in [-0.25, -0.2) is 0 Å². The first kappa shape index (κ1) is 31.1. The SMILES string of the molecule is CC(C)(C)/N=N/C(C)(C#N)CCC(=O)OCCCCOC(=O)CCC(C)(C#N)/N=N/C(C)(C)C. The summed E-state index contributed by atoms with van der Waals surface area (Å²) in [5, 5.41) is 35.1. The van der Waals surface area contributed by atoms with Gasteiger partial charge in [0, 0.05) is 12.8 Å². The van der Waals surface area contributed by atoms with Crippen LogP contribution < -0.4 is 0 Å². The molecule has 10 heteroatoms. The zero-order valence-corrected chi connectivity index (χ0v) is 22.0. The molecule has 0 aliphatic carbocycles. The van der Waals surface area contributed by atoms with E-state index in [1.807, 2.05) is 41.5 Å². The summed E-state index contributed by atoms with van der Waals surface area (Å²) < 4.78 is 10.4. The summed E-state index contributed by atoms with van der Waals surface area (Å²) in [6.07, 6.45) is 1.63. The van der Waals surface area contributed by atoms with Gasteiger partial charge in [0.15, 0.2) is 11.1 Å². The van der Waals surface area contributed by atoms with Crippen LogP contribution in [-0.2, 0) is 19.1 Å². The molecule has 0 saturated carbocycles. The second-order valence-corrected chi connectivity index (χ2v) is 10.7. The normalized spacial score (nSPS) is 15.8.